The molecule has 0 saturated carbocycles. The Morgan fingerprint density at radius 1 is 1.48 bits per heavy atom. The number of nitrogens with one attached hydrogen (secondary N) is 1. The third kappa shape index (κ3) is 7.04. The maximum atomic E-state index is 11.7. The topological polar surface area (TPSA) is 142 Å². The Bertz CT molecular complexity index is 458. The number of nitro groups is 1. The fourth-order valence-electron chi connectivity index (χ4n) is 1.50. The summed E-state index contributed by atoms with van der Waals surface area (Å²) < 4.78 is 0. The molecule has 0 fully saturated rings. The molecule has 1 amide bonds. The summed E-state index contributed by atoms with van der Waals surface area (Å²) in [4.78, 5) is 32.2. The maximum absolute atomic E-state index is 11.7. The fourth-order valence-corrected chi connectivity index (χ4v) is 1.50. The first-order valence-corrected chi connectivity index (χ1v) is 6.39. The number of carbonyl (C=O) groups is 2. The van der Waals surface area contributed by atoms with Gasteiger partial charge in [0.15, 0.2) is 5.71 Å². The molecular formula is C12H19N3O6. The average Bonchev–Trinajstić information content (AvgIpc) is 2.43. The van der Waals surface area contributed by atoms with Crippen LogP contribution in [0.3, 0.4) is 0 Å². The second-order valence-corrected chi connectivity index (χ2v) is 4.27. The van der Waals surface area contributed by atoms with E-state index >= 15 is 0 Å². The van der Waals surface area contributed by atoms with Crippen molar-refractivity contribution in [2.45, 2.75) is 39.2 Å². The molecule has 0 aliphatic heterocycles. The van der Waals surface area contributed by atoms with E-state index in [9.17, 15) is 19.7 Å². The predicted molar refractivity (Wildman–Crippen MR) is 73.9 cm³/mol. The van der Waals surface area contributed by atoms with Gasteiger partial charge >= 0.3 is 5.97 Å². The van der Waals surface area contributed by atoms with Crippen molar-refractivity contribution in [2.24, 2.45) is 5.16 Å². The molecule has 3 N–H and O–H groups in total. The fraction of sp³-hybridized carbons (Fsp3) is 0.583. The largest absolute Gasteiger partial charge is 0.481 e. The van der Waals surface area contributed by atoms with Crippen molar-refractivity contribution in [3.63, 3.8) is 0 Å². The highest BCUT2D eigenvalue weighted by Gasteiger charge is 2.20. The lowest BCUT2D eigenvalue weighted by Gasteiger charge is -2.08. The van der Waals surface area contributed by atoms with E-state index in [4.69, 9.17) is 10.3 Å². The second-order valence-electron chi connectivity index (χ2n) is 4.27. The summed E-state index contributed by atoms with van der Waals surface area (Å²) in [6.45, 7) is 3.16. The summed E-state index contributed by atoms with van der Waals surface area (Å²) in [6.07, 6.45) is 1.63. The SMILES string of the molecule is CCC(=CC(=NO)C(=O)NCCCC(=O)O)C(C)[N+](=O)[O-]. The van der Waals surface area contributed by atoms with Gasteiger partial charge in [-0.3, -0.25) is 19.7 Å². The van der Waals surface area contributed by atoms with Gasteiger partial charge in [-0.05, 0) is 18.9 Å². The van der Waals surface area contributed by atoms with Gasteiger partial charge in [-0.1, -0.05) is 12.1 Å². The third-order valence-corrected chi connectivity index (χ3v) is 2.78. The summed E-state index contributed by atoms with van der Waals surface area (Å²) in [5.41, 5.74) is -0.00985. The highest BCUT2D eigenvalue weighted by Crippen LogP contribution is 2.10. The van der Waals surface area contributed by atoms with E-state index in [-0.39, 0.29) is 25.1 Å². The molecule has 0 heterocycles. The normalized spacial score (nSPS) is 13.6. The quantitative estimate of drug-likeness (QED) is 0.189. The van der Waals surface area contributed by atoms with Crippen molar-refractivity contribution in [3.05, 3.63) is 21.8 Å². The van der Waals surface area contributed by atoms with Gasteiger partial charge in [0.25, 0.3) is 5.91 Å². The molecule has 118 valence electrons. The Morgan fingerprint density at radius 3 is 2.52 bits per heavy atom. The lowest BCUT2D eigenvalue weighted by atomic mass is 10.0. The van der Waals surface area contributed by atoms with Gasteiger partial charge in [-0.2, -0.15) is 0 Å². The van der Waals surface area contributed by atoms with Crippen LogP contribution in [0.2, 0.25) is 0 Å². The van der Waals surface area contributed by atoms with Crippen molar-refractivity contribution in [3.8, 4) is 0 Å². The number of hydrogen-bond donors (Lipinski definition) is 3. The molecule has 0 aromatic rings. The minimum Gasteiger partial charge on any atom is -0.481 e. The molecule has 0 radical (unpaired) electrons. The predicted octanol–water partition coefficient (Wildman–Crippen LogP) is 0.799. The monoisotopic (exact) mass is 301 g/mol. The van der Waals surface area contributed by atoms with E-state index in [0.717, 1.165) is 0 Å². The Balaban J connectivity index is 4.72. The van der Waals surface area contributed by atoms with E-state index < -0.39 is 22.8 Å². The second kappa shape index (κ2) is 9.45. The van der Waals surface area contributed by atoms with Crippen LogP contribution in [0.15, 0.2) is 16.8 Å². The Morgan fingerprint density at radius 2 is 2.10 bits per heavy atom. The first-order valence-electron chi connectivity index (χ1n) is 6.39. The van der Waals surface area contributed by atoms with Crippen LogP contribution < -0.4 is 5.32 Å². The third-order valence-electron chi connectivity index (χ3n) is 2.78. The highest BCUT2D eigenvalue weighted by atomic mass is 16.6. The number of nitrogens with zero attached hydrogens (tertiary/aromatic N) is 2. The van der Waals surface area contributed by atoms with Crippen LogP contribution in [0.4, 0.5) is 0 Å². The van der Waals surface area contributed by atoms with Gasteiger partial charge in [0.1, 0.15) is 0 Å². The number of carboxylic acids is 1. The first kappa shape index (κ1) is 18.6. The minimum atomic E-state index is -0.994. The number of oxime groups is 1. The lowest BCUT2D eigenvalue weighted by Crippen LogP contribution is -2.32. The van der Waals surface area contributed by atoms with E-state index in [0.29, 0.717) is 12.0 Å². The van der Waals surface area contributed by atoms with Gasteiger partial charge in [-0.25, -0.2) is 0 Å². The zero-order valence-corrected chi connectivity index (χ0v) is 11.9. The summed E-state index contributed by atoms with van der Waals surface area (Å²) in [5, 5.41) is 33.2. The number of carbonyl (C=O) groups excluding carboxylic acids is 1. The smallest absolute Gasteiger partial charge is 0.303 e. The molecule has 1 atom stereocenters. The molecule has 0 aliphatic rings. The summed E-state index contributed by atoms with van der Waals surface area (Å²) in [6, 6.07) is -0.994. The van der Waals surface area contributed by atoms with E-state index in [1.54, 1.807) is 6.92 Å². The molecule has 0 spiro atoms. The molecule has 0 saturated heterocycles. The molecule has 1 unspecified atom stereocenters. The molecule has 0 aromatic heterocycles. The summed E-state index contributed by atoms with van der Waals surface area (Å²) in [7, 11) is 0. The van der Waals surface area contributed by atoms with Gasteiger partial charge in [-0.15, -0.1) is 0 Å². The van der Waals surface area contributed by atoms with Crippen molar-refractivity contribution >= 4 is 17.6 Å². The first-order chi connectivity index (χ1) is 9.83. The summed E-state index contributed by atoms with van der Waals surface area (Å²) in [5.74, 6) is -1.70. The number of amides is 1. The zero-order valence-electron chi connectivity index (χ0n) is 11.9. The standard InChI is InChI=1S/C12H19N3O6/c1-3-9(8(2)15(20)21)7-10(14-19)12(18)13-6-4-5-11(16)17/h7-8,19H,3-6H2,1-2H3,(H,13,18)(H,16,17). The Labute approximate surface area is 121 Å². The summed E-state index contributed by atoms with van der Waals surface area (Å²) >= 11 is 0. The number of carboxylic acid groups (broad SMARTS) is 1. The van der Waals surface area contributed by atoms with Gasteiger partial charge in [0, 0.05) is 30.4 Å². The van der Waals surface area contributed by atoms with Crippen LogP contribution in [0, 0.1) is 10.1 Å². The van der Waals surface area contributed by atoms with Gasteiger partial charge in [0.05, 0.1) is 0 Å². The van der Waals surface area contributed by atoms with Crippen LogP contribution in [0.5, 0.6) is 0 Å². The molecular weight excluding hydrogens is 282 g/mol. The van der Waals surface area contributed by atoms with Crippen molar-refractivity contribution < 1.29 is 24.8 Å². The molecule has 21 heavy (non-hydrogen) atoms. The van der Waals surface area contributed by atoms with Crippen molar-refractivity contribution in [2.75, 3.05) is 6.54 Å². The van der Waals surface area contributed by atoms with Crippen LogP contribution in [-0.4, -0.2) is 45.4 Å². The van der Waals surface area contributed by atoms with Gasteiger partial charge < -0.3 is 15.6 Å². The number of aliphatic carboxylic acids is 1. The Hall–Kier alpha value is -2.45. The van der Waals surface area contributed by atoms with Crippen LogP contribution in [0.25, 0.3) is 0 Å². The zero-order chi connectivity index (χ0) is 16.4. The van der Waals surface area contributed by atoms with Crippen LogP contribution in [0.1, 0.15) is 33.1 Å². The molecule has 9 heteroatoms. The van der Waals surface area contributed by atoms with Crippen molar-refractivity contribution in [1.29, 1.82) is 0 Å². The molecule has 0 aliphatic carbocycles. The molecule has 0 rings (SSSR count). The van der Waals surface area contributed by atoms with E-state index in [1.807, 2.05) is 0 Å². The molecule has 0 bridgehead atoms. The minimum absolute atomic E-state index is 0.0969. The molecule has 9 nitrogen and oxygen atoms in total. The Kier molecular flexibility index (Phi) is 8.35. The van der Waals surface area contributed by atoms with E-state index in [1.165, 1.54) is 13.0 Å². The van der Waals surface area contributed by atoms with E-state index in [2.05, 4.69) is 10.5 Å². The van der Waals surface area contributed by atoms with Crippen LogP contribution >= 0.6 is 0 Å². The van der Waals surface area contributed by atoms with Crippen LogP contribution in [-0.2, 0) is 9.59 Å². The number of rotatable bonds is 9. The highest BCUT2D eigenvalue weighted by molar-refractivity contribution is 6.43. The van der Waals surface area contributed by atoms with Crippen molar-refractivity contribution in [1.82, 2.24) is 5.32 Å². The van der Waals surface area contributed by atoms with Gasteiger partial charge in [0.2, 0.25) is 6.04 Å². The molecule has 0 aromatic carbocycles. The lowest BCUT2D eigenvalue weighted by molar-refractivity contribution is -0.507. The maximum Gasteiger partial charge on any atom is 0.303 e. The number of hydrogen-bond acceptors (Lipinski definition) is 6. The average molecular weight is 301 g/mol.